The van der Waals surface area contributed by atoms with Crippen LogP contribution in [-0.4, -0.2) is 0 Å². The molecule has 104 valence electrons. The highest BCUT2D eigenvalue weighted by atomic mass is 79.9. The molecule has 0 radical (unpaired) electrons. The molecule has 1 atom stereocenters. The minimum absolute atomic E-state index is 0.132. The number of nitrogens with two attached hydrogens (primary N) is 1. The second-order valence-corrected chi connectivity index (χ2v) is 6.21. The predicted molar refractivity (Wildman–Crippen MR) is 84.7 cm³/mol. The molecule has 0 aliphatic heterocycles. The summed E-state index contributed by atoms with van der Waals surface area (Å²) in [4.78, 5) is 0. The van der Waals surface area contributed by atoms with Crippen molar-refractivity contribution in [3.8, 4) is 0 Å². The van der Waals surface area contributed by atoms with Gasteiger partial charge in [-0.25, -0.2) is 5.43 Å². The first kappa shape index (κ1) is 14.8. The standard InChI is InChI=1S/C16H23BrN2/c1-12-9-10-15(17)14(11-12)16(19-18)13-7-5-3-2-4-6-8-13/h7,9-11,16,19H,2-6,8,18H2,1H3/b13-7+. The lowest BCUT2D eigenvalue weighted by atomic mass is 9.91. The maximum atomic E-state index is 5.83. The lowest BCUT2D eigenvalue weighted by molar-refractivity contribution is 0.554. The first-order valence-corrected chi connectivity index (χ1v) is 7.93. The van der Waals surface area contributed by atoms with Crippen molar-refractivity contribution in [3.05, 3.63) is 45.4 Å². The van der Waals surface area contributed by atoms with E-state index < -0.39 is 0 Å². The highest BCUT2D eigenvalue weighted by molar-refractivity contribution is 9.10. The quantitative estimate of drug-likeness (QED) is 0.487. The van der Waals surface area contributed by atoms with Crippen molar-refractivity contribution in [2.45, 2.75) is 51.5 Å². The van der Waals surface area contributed by atoms with E-state index in [1.807, 2.05) is 0 Å². The van der Waals surface area contributed by atoms with Gasteiger partial charge in [0.1, 0.15) is 0 Å². The van der Waals surface area contributed by atoms with Crippen LogP contribution in [0.3, 0.4) is 0 Å². The van der Waals surface area contributed by atoms with Crippen LogP contribution in [0, 0.1) is 6.92 Å². The molecule has 3 heteroatoms. The lowest BCUT2D eigenvalue weighted by Crippen LogP contribution is -2.30. The molecule has 2 nitrogen and oxygen atoms in total. The van der Waals surface area contributed by atoms with Crippen molar-refractivity contribution in [2.24, 2.45) is 5.84 Å². The summed E-state index contributed by atoms with van der Waals surface area (Å²) in [6, 6.07) is 6.58. The van der Waals surface area contributed by atoms with Crippen molar-refractivity contribution >= 4 is 15.9 Å². The fourth-order valence-electron chi connectivity index (χ4n) is 2.76. The molecule has 2 rings (SSSR count). The van der Waals surface area contributed by atoms with Gasteiger partial charge in [0.2, 0.25) is 0 Å². The van der Waals surface area contributed by atoms with Crippen LogP contribution < -0.4 is 11.3 Å². The summed E-state index contributed by atoms with van der Waals surface area (Å²) < 4.78 is 1.13. The highest BCUT2D eigenvalue weighted by Gasteiger charge is 2.18. The van der Waals surface area contributed by atoms with Crippen molar-refractivity contribution in [1.82, 2.24) is 5.43 Å². The predicted octanol–water partition coefficient (Wildman–Crippen LogP) is 4.54. The molecule has 1 aliphatic rings. The van der Waals surface area contributed by atoms with E-state index in [0.29, 0.717) is 0 Å². The Labute approximate surface area is 124 Å². The smallest absolute Gasteiger partial charge is 0.0681 e. The van der Waals surface area contributed by atoms with Gasteiger partial charge in [-0.2, -0.15) is 0 Å². The Morgan fingerprint density at radius 3 is 2.79 bits per heavy atom. The molecule has 0 aromatic heterocycles. The van der Waals surface area contributed by atoms with Crippen LogP contribution in [0.4, 0.5) is 0 Å². The Morgan fingerprint density at radius 2 is 2.00 bits per heavy atom. The zero-order valence-corrected chi connectivity index (χ0v) is 13.2. The third-order valence-electron chi connectivity index (χ3n) is 3.83. The number of rotatable bonds is 3. The Kier molecular flexibility index (Phi) is 5.61. The van der Waals surface area contributed by atoms with Crippen molar-refractivity contribution < 1.29 is 0 Å². The molecular weight excluding hydrogens is 300 g/mol. The third-order valence-corrected chi connectivity index (χ3v) is 4.55. The number of benzene rings is 1. The summed E-state index contributed by atoms with van der Waals surface area (Å²) in [6.45, 7) is 2.12. The van der Waals surface area contributed by atoms with E-state index in [1.54, 1.807) is 0 Å². The SMILES string of the molecule is Cc1ccc(Br)c(C(NN)/C2=C/CCCCCC2)c1. The van der Waals surface area contributed by atoms with Gasteiger partial charge in [0.25, 0.3) is 0 Å². The number of hydrogen-bond donors (Lipinski definition) is 2. The number of aryl methyl sites for hydroxylation is 1. The molecule has 0 spiro atoms. The molecule has 19 heavy (non-hydrogen) atoms. The molecule has 1 aromatic rings. The third kappa shape index (κ3) is 3.91. The molecule has 0 saturated heterocycles. The van der Waals surface area contributed by atoms with Crippen LogP contribution in [0.1, 0.15) is 55.7 Å². The van der Waals surface area contributed by atoms with Crippen LogP contribution in [0.15, 0.2) is 34.3 Å². The van der Waals surface area contributed by atoms with Gasteiger partial charge in [-0.1, -0.05) is 58.1 Å². The Bertz CT molecular complexity index is 454. The van der Waals surface area contributed by atoms with Gasteiger partial charge >= 0.3 is 0 Å². The van der Waals surface area contributed by atoms with Crippen molar-refractivity contribution in [3.63, 3.8) is 0 Å². The summed E-state index contributed by atoms with van der Waals surface area (Å²) >= 11 is 3.65. The molecule has 0 bridgehead atoms. The molecule has 0 fully saturated rings. The summed E-state index contributed by atoms with van der Waals surface area (Å²) in [6.07, 6.45) is 9.98. The van der Waals surface area contributed by atoms with E-state index in [-0.39, 0.29) is 6.04 Å². The van der Waals surface area contributed by atoms with E-state index in [9.17, 15) is 0 Å². The number of allylic oxidation sites excluding steroid dienone is 1. The van der Waals surface area contributed by atoms with Crippen molar-refractivity contribution in [2.75, 3.05) is 0 Å². The first-order valence-electron chi connectivity index (χ1n) is 7.13. The van der Waals surface area contributed by atoms with Crippen LogP contribution in [0.2, 0.25) is 0 Å². The maximum absolute atomic E-state index is 5.83. The summed E-state index contributed by atoms with van der Waals surface area (Å²) in [5, 5.41) is 0. The molecule has 1 aromatic carbocycles. The first-order chi connectivity index (χ1) is 9.22. The minimum Gasteiger partial charge on any atom is -0.271 e. The summed E-state index contributed by atoms with van der Waals surface area (Å²) in [5.74, 6) is 5.83. The minimum atomic E-state index is 0.132. The Balaban J connectivity index is 2.29. The lowest BCUT2D eigenvalue weighted by Gasteiger charge is -2.23. The van der Waals surface area contributed by atoms with Gasteiger partial charge in [0, 0.05) is 4.47 Å². The second-order valence-electron chi connectivity index (χ2n) is 5.36. The monoisotopic (exact) mass is 322 g/mol. The van der Waals surface area contributed by atoms with E-state index in [1.165, 1.54) is 48.8 Å². The Morgan fingerprint density at radius 1 is 1.21 bits per heavy atom. The largest absolute Gasteiger partial charge is 0.271 e. The van der Waals surface area contributed by atoms with Gasteiger partial charge < -0.3 is 0 Å². The zero-order chi connectivity index (χ0) is 13.7. The summed E-state index contributed by atoms with van der Waals surface area (Å²) in [5.41, 5.74) is 6.96. The van der Waals surface area contributed by atoms with E-state index in [0.717, 1.165) is 10.9 Å². The molecule has 1 aliphatic carbocycles. The van der Waals surface area contributed by atoms with Gasteiger partial charge in [-0.15, -0.1) is 0 Å². The molecule has 0 saturated carbocycles. The number of halogens is 1. The van der Waals surface area contributed by atoms with E-state index in [2.05, 4.69) is 52.6 Å². The number of hydrazine groups is 1. The molecule has 0 amide bonds. The van der Waals surface area contributed by atoms with Gasteiger partial charge in [-0.05, 0) is 44.2 Å². The van der Waals surface area contributed by atoms with Crippen LogP contribution in [0.5, 0.6) is 0 Å². The van der Waals surface area contributed by atoms with E-state index >= 15 is 0 Å². The molecule has 0 heterocycles. The average Bonchev–Trinajstić information content (AvgIpc) is 2.36. The normalized spacial score (nSPS) is 21.1. The average molecular weight is 323 g/mol. The van der Waals surface area contributed by atoms with Crippen molar-refractivity contribution in [1.29, 1.82) is 0 Å². The van der Waals surface area contributed by atoms with Crippen LogP contribution in [-0.2, 0) is 0 Å². The Hall–Kier alpha value is -0.640. The maximum Gasteiger partial charge on any atom is 0.0681 e. The topological polar surface area (TPSA) is 38.0 Å². The van der Waals surface area contributed by atoms with Gasteiger partial charge in [-0.3, -0.25) is 5.84 Å². The summed E-state index contributed by atoms with van der Waals surface area (Å²) in [7, 11) is 0. The van der Waals surface area contributed by atoms with Gasteiger partial charge in [0.15, 0.2) is 0 Å². The fraction of sp³-hybridized carbons (Fsp3) is 0.500. The fourth-order valence-corrected chi connectivity index (χ4v) is 3.24. The highest BCUT2D eigenvalue weighted by Crippen LogP contribution is 2.32. The van der Waals surface area contributed by atoms with Crippen LogP contribution in [0.25, 0.3) is 0 Å². The van der Waals surface area contributed by atoms with Crippen LogP contribution >= 0.6 is 15.9 Å². The molecular formula is C16H23BrN2. The van der Waals surface area contributed by atoms with E-state index in [4.69, 9.17) is 5.84 Å². The zero-order valence-electron chi connectivity index (χ0n) is 11.6. The molecule has 1 unspecified atom stereocenters. The second kappa shape index (κ2) is 7.22. The van der Waals surface area contributed by atoms with Gasteiger partial charge in [0.05, 0.1) is 6.04 Å². The number of nitrogens with one attached hydrogen (secondary N) is 1. The number of hydrogen-bond acceptors (Lipinski definition) is 2. The molecule has 3 N–H and O–H groups in total.